The molecule has 32 heavy (non-hydrogen) atoms. The van der Waals surface area contributed by atoms with Gasteiger partial charge in [0.1, 0.15) is 11.3 Å². The zero-order valence-corrected chi connectivity index (χ0v) is 19.5. The van der Waals surface area contributed by atoms with Gasteiger partial charge in [0.15, 0.2) is 0 Å². The molecule has 0 bridgehead atoms. The Kier molecular flexibility index (Phi) is 6.47. The van der Waals surface area contributed by atoms with Crippen LogP contribution >= 0.6 is 34.8 Å². The fraction of sp³-hybridized carbons (Fsp3) is 0.0800. The summed E-state index contributed by atoms with van der Waals surface area (Å²) in [4.78, 5) is 12.6. The molecule has 0 fully saturated rings. The number of fused-ring (bicyclic) bond motifs is 1. The number of hydrogen-bond acceptors (Lipinski definition) is 3. The quantitative estimate of drug-likeness (QED) is 0.290. The molecule has 162 valence electrons. The first-order chi connectivity index (χ1) is 15.4. The van der Waals surface area contributed by atoms with E-state index in [0.29, 0.717) is 32.1 Å². The number of rotatable bonds is 5. The first-order valence-electron chi connectivity index (χ1n) is 9.65. The molecule has 0 spiro atoms. The number of allylic oxidation sites excluding steroid dienone is 1. The van der Waals surface area contributed by atoms with Gasteiger partial charge in [0.25, 0.3) is 0 Å². The number of amides is 1. The van der Waals surface area contributed by atoms with Gasteiger partial charge in [-0.15, -0.1) is 0 Å². The number of hydrogen-bond donors (Lipinski definition) is 1. The van der Waals surface area contributed by atoms with Crippen LogP contribution in [-0.4, -0.2) is 13.0 Å². The lowest BCUT2D eigenvalue weighted by Gasteiger charge is -2.11. The normalized spacial score (nSPS) is 11.6. The minimum atomic E-state index is -0.278. The molecule has 0 aliphatic heterocycles. The van der Waals surface area contributed by atoms with Gasteiger partial charge in [-0.05, 0) is 48.9 Å². The maximum absolute atomic E-state index is 12.6. The summed E-state index contributed by atoms with van der Waals surface area (Å²) in [5, 5.41) is 5.27. The summed E-state index contributed by atoms with van der Waals surface area (Å²) in [7, 11) is 1.57. The van der Waals surface area contributed by atoms with Gasteiger partial charge in [-0.25, -0.2) is 0 Å². The van der Waals surface area contributed by atoms with E-state index >= 15 is 0 Å². The molecule has 0 radical (unpaired) electrons. The van der Waals surface area contributed by atoms with Crippen molar-refractivity contribution in [2.24, 2.45) is 0 Å². The van der Waals surface area contributed by atoms with Crippen LogP contribution < -0.4 is 10.1 Å². The minimum absolute atomic E-state index is 0.278. The SMILES string of the molecule is COc1cc2occ(-c3ccc(Cl)cc3Cl)c2cc1/C(C)=C/C(=O)Nc1cccc(Cl)c1. The second kappa shape index (κ2) is 9.29. The molecule has 0 saturated heterocycles. The molecule has 0 unspecified atom stereocenters. The van der Waals surface area contributed by atoms with Gasteiger partial charge in [0.2, 0.25) is 5.91 Å². The number of benzene rings is 3. The molecule has 1 aromatic heterocycles. The van der Waals surface area contributed by atoms with E-state index in [0.717, 1.165) is 27.6 Å². The fourth-order valence-electron chi connectivity index (χ4n) is 3.47. The van der Waals surface area contributed by atoms with Gasteiger partial charge < -0.3 is 14.5 Å². The van der Waals surface area contributed by atoms with Crippen LogP contribution in [0.25, 0.3) is 27.7 Å². The van der Waals surface area contributed by atoms with Crippen molar-refractivity contribution in [2.45, 2.75) is 6.92 Å². The molecule has 4 aromatic rings. The van der Waals surface area contributed by atoms with Crippen LogP contribution in [0, 0.1) is 0 Å². The van der Waals surface area contributed by atoms with Crippen LogP contribution in [0.2, 0.25) is 15.1 Å². The first-order valence-corrected chi connectivity index (χ1v) is 10.8. The molecular weight excluding hydrogens is 469 g/mol. The second-order valence-electron chi connectivity index (χ2n) is 7.15. The molecule has 4 nitrogen and oxygen atoms in total. The first kappa shape index (κ1) is 22.3. The van der Waals surface area contributed by atoms with Crippen LogP contribution in [-0.2, 0) is 4.79 Å². The number of furan rings is 1. The second-order valence-corrected chi connectivity index (χ2v) is 8.43. The zero-order chi connectivity index (χ0) is 22.8. The molecule has 7 heteroatoms. The Labute approximate surface area is 200 Å². The molecular formula is C25H18Cl3NO3. The summed E-state index contributed by atoms with van der Waals surface area (Å²) in [6.45, 7) is 1.84. The highest BCUT2D eigenvalue weighted by Crippen LogP contribution is 2.40. The monoisotopic (exact) mass is 485 g/mol. The minimum Gasteiger partial charge on any atom is -0.496 e. The Balaban J connectivity index is 1.74. The van der Waals surface area contributed by atoms with Crippen molar-refractivity contribution in [3.05, 3.63) is 87.6 Å². The number of ether oxygens (including phenoxy) is 1. The maximum Gasteiger partial charge on any atom is 0.248 e. The van der Waals surface area contributed by atoms with E-state index in [1.165, 1.54) is 6.08 Å². The van der Waals surface area contributed by atoms with Crippen LogP contribution in [0.15, 0.2) is 71.4 Å². The smallest absolute Gasteiger partial charge is 0.248 e. The lowest BCUT2D eigenvalue weighted by molar-refractivity contribution is -0.111. The molecule has 0 saturated carbocycles. The van der Waals surface area contributed by atoms with E-state index in [-0.39, 0.29) is 5.91 Å². The Bertz CT molecular complexity index is 1360. The summed E-state index contributed by atoms with van der Waals surface area (Å²) in [5.74, 6) is 0.310. The summed E-state index contributed by atoms with van der Waals surface area (Å²) < 4.78 is 11.3. The molecule has 1 N–H and O–H groups in total. The summed E-state index contributed by atoms with van der Waals surface area (Å²) in [5.41, 5.74) is 4.35. The van der Waals surface area contributed by atoms with Crippen molar-refractivity contribution in [3.8, 4) is 16.9 Å². The number of methoxy groups -OCH3 is 1. The topological polar surface area (TPSA) is 51.5 Å². The lowest BCUT2D eigenvalue weighted by Crippen LogP contribution is -2.08. The Morgan fingerprint density at radius 3 is 2.50 bits per heavy atom. The van der Waals surface area contributed by atoms with Crippen LogP contribution in [0.4, 0.5) is 5.69 Å². The number of halogens is 3. The van der Waals surface area contributed by atoms with Crippen molar-refractivity contribution in [1.29, 1.82) is 0 Å². The van der Waals surface area contributed by atoms with Crippen LogP contribution in [0.3, 0.4) is 0 Å². The zero-order valence-electron chi connectivity index (χ0n) is 17.2. The predicted octanol–water partition coefficient (Wildman–Crippen LogP) is 8.11. The van der Waals surface area contributed by atoms with Crippen molar-refractivity contribution < 1.29 is 13.9 Å². The largest absolute Gasteiger partial charge is 0.496 e. The third-order valence-corrected chi connectivity index (χ3v) is 5.76. The van der Waals surface area contributed by atoms with E-state index in [2.05, 4.69) is 5.32 Å². The highest BCUT2D eigenvalue weighted by atomic mass is 35.5. The van der Waals surface area contributed by atoms with E-state index in [4.69, 9.17) is 44.0 Å². The number of anilines is 1. The molecule has 0 atom stereocenters. The van der Waals surface area contributed by atoms with Crippen molar-refractivity contribution >= 4 is 62.9 Å². The molecule has 4 rings (SSSR count). The van der Waals surface area contributed by atoms with Crippen LogP contribution in [0.1, 0.15) is 12.5 Å². The number of nitrogens with one attached hydrogen (secondary N) is 1. The molecule has 0 aliphatic carbocycles. The molecule has 1 heterocycles. The van der Waals surface area contributed by atoms with Gasteiger partial charge in [-0.3, -0.25) is 4.79 Å². The van der Waals surface area contributed by atoms with Crippen molar-refractivity contribution in [2.75, 3.05) is 12.4 Å². The van der Waals surface area contributed by atoms with Gasteiger partial charge in [0.05, 0.1) is 18.4 Å². The highest BCUT2D eigenvalue weighted by Gasteiger charge is 2.16. The predicted molar refractivity (Wildman–Crippen MR) is 132 cm³/mol. The average Bonchev–Trinajstić information content (AvgIpc) is 3.15. The molecule has 1 amide bonds. The molecule has 3 aromatic carbocycles. The van der Waals surface area contributed by atoms with Gasteiger partial charge >= 0.3 is 0 Å². The summed E-state index contributed by atoms with van der Waals surface area (Å²) >= 11 is 18.4. The standard InChI is InChI=1S/C25H18Cl3NO3/c1-14(8-25(30)29-17-5-3-4-15(26)9-17)19-11-20-21(13-32-24(20)12-23(19)31-2)18-7-6-16(27)10-22(18)28/h3-13H,1-2H3,(H,29,30)/b14-8+. The Hall–Kier alpha value is -2.92. The summed E-state index contributed by atoms with van der Waals surface area (Å²) in [6.07, 6.45) is 3.16. The van der Waals surface area contributed by atoms with E-state index in [9.17, 15) is 4.79 Å². The van der Waals surface area contributed by atoms with E-state index in [1.807, 2.05) is 19.1 Å². The number of carbonyl (C=O) groups is 1. The maximum atomic E-state index is 12.6. The highest BCUT2D eigenvalue weighted by molar-refractivity contribution is 6.36. The van der Waals surface area contributed by atoms with Gasteiger partial charge in [-0.2, -0.15) is 0 Å². The van der Waals surface area contributed by atoms with E-state index < -0.39 is 0 Å². The lowest BCUT2D eigenvalue weighted by atomic mass is 9.99. The van der Waals surface area contributed by atoms with E-state index in [1.54, 1.807) is 55.8 Å². The van der Waals surface area contributed by atoms with Crippen molar-refractivity contribution in [1.82, 2.24) is 0 Å². The fourth-order valence-corrected chi connectivity index (χ4v) is 4.17. The third kappa shape index (κ3) is 4.63. The Morgan fingerprint density at radius 2 is 1.78 bits per heavy atom. The van der Waals surface area contributed by atoms with Crippen molar-refractivity contribution in [3.63, 3.8) is 0 Å². The molecule has 0 aliphatic rings. The summed E-state index contributed by atoms with van der Waals surface area (Å²) in [6, 6.07) is 16.0. The van der Waals surface area contributed by atoms with Crippen LogP contribution in [0.5, 0.6) is 5.75 Å². The Morgan fingerprint density at radius 1 is 1.00 bits per heavy atom. The van der Waals surface area contributed by atoms with Gasteiger partial charge in [-0.1, -0.05) is 46.9 Å². The van der Waals surface area contributed by atoms with Gasteiger partial charge in [0, 0.05) is 50.0 Å². The number of carbonyl (C=O) groups excluding carboxylic acids is 1. The third-order valence-electron chi connectivity index (χ3n) is 4.98. The average molecular weight is 487 g/mol.